The third-order valence-corrected chi connectivity index (χ3v) is 6.58. The summed E-state index contributed by atoms with van der Waals surface area (Å²) in [5.41, 5.74) is 2.23. The fraction of sp³-hybridized carbons (Fsp3) is 0.360. The van der Waals surface area contributed by atoms with Gasteiger partial charge in [-0.15, -0.1) is 10.2 Å². The van der Waals surface area contributed by atoms with Gasteiger partial charge in [0, 0.05) is 17.8 Å². The van der Waals surface area contributed by atoms with Gasteiger partial charge >= 0.3 is 6.09 Å². The molecule has 8 heteroatoms. The minimum absolute atomic E-state index is 0.289. The first-order valence-corrected chi connectivity index (χ1v) is 11.3. The van der Waals surface area contributed by atoms with Crippen molar-refractivity contribution >= 4 is 17.6 Å². The normalized spacial score (nSPS) is 22.4. The zero-order chi connectivity index (χ0) is 22.8. The molecule has 2 aliphatic rings. The van der Waals surface area contributed by atoms with Crippen LogP contribution in [0.4, 0.5) is 20.7 Å². The monoisotopic (exact) mass is 447 g/mol. The molecule has 0 unspecified atom stereocenters. The van der Waals surface area contributed by atoms with E-state index >= 15 is 0 Å². The highest BCUT2D eigenvalue weighted by Gasteiger charge is 2.47. The molecular formula is C25H26FN5O2. The third-order valence-electron chi connectivity index (χ3n) is 6.58. The van der Waals surface area contributed by atoms with Gasteiger partial charge in [0.2, 0.25) is 0 Å². The van der Waals surface area contributed by atoms with E-state index in [0.717, 1.165) is 43.6 Å². The maximum absolute atomic E-state index is 13.9. The molecule has 1 N–H and O–H groups in total. The maximum Gasteiger partial charge on any atom is 0.415 e. The van der Waals surface area contributed by atoms with Crippen LogP contribution in [-0.4, -0.2) is 40.0 Å². The quantitative estimate of drug-likeness (QED) is 0.594. The van der Waals surface area contributed by atoms with Crippen LogP contribution in [0.25, 0.3) is 11.3 Å². The summed E-state index contributed by atoms with van der Waals surface area (Å²) in [7, 11) is 0. The van der Waals surface area contributed by atoms with Crippen molar-refractivity contribution in [1.82, 2.24) is 15.2 Å². The highest BCUT2D eigenvalue weighted by molar-refractivity contribution is 5.90. The Hall–Kier alpha value is -3.55. The molecule has 1 saturated heterocycles. The van der Waals surface area contributed by atoms with Crippen molar-refractivity contribution in [2.45, 2.75) is 38.2 Å². The van der Waals surface area contributed by atoms with Crippen LogP contribution < -0.4 is 10.2 Å². The largest absolute Gasteiger partial charge is 0.441 e. The van der Waals surface area contributed by atoms with Gasteiger partial charge in [-0.3, -0.25) is 9.88 Å². The Morgan fingerprint density at radius 2 is 1.94 bits per heavy atom. The van der Waals surface area contributed by atoms with E-state index in [0.29, 0.717) is 29.5 Å². The predicted molar refractivity (Wildman–Crippen MR) is 123 cm³/mol. The van der Waals surface area contributed by atoms with Crippen LogP contribution >= 0.6 is 0 Å². The summed E-state index contributed by atoms with van der Waals surface area (Å²) >= 11 is 0. The van der Waals surface area contributed by atoms with E-state index in [-0.39, 0.29) is 11.9 Å². The van der Waals surface area contributed by atoms with E-state index in [1.165, 1.54) is 6.07 Å². The van der Waals surface area contributed by atoms with Crippen LogP contribution in [0.1, 0.15) is 31.4 Å². The summed E-state index contributed by atoms with van der Waals surface area (Å²) in [6.07, 6.45) is 5.02. The number of halogens is 1. The molecular weight excluding hydrogens is 421 g/mol. The number of aromatic nitrogens is 3. The van der Waals surface area contributed by atoms with Crippen molar-refractivity contribution in [2.75, 3.05) is 23.3 Å². The van der Waals surface area contributed by atoms with E-state index in [1.807, 2.05) is 25.1 Å². The Morgan fingerprint density at radius 3 is 2.64 bits per heavy atom. The van der Waals surface area contributed by atoms with Gasteiger partial charge in [0.15, 0.2) is 0 Å². The number of carbonyl (C=O) groups excluding carboxylic acids is 1. The molecule has 1 spiro atoms. The number of benzene rings is 1. The van der Waals surface area contributed by atoms with Gasteiger partial charge in [0.25, 0.3) is 0 Å². The number of ether oxygens (including phenoxy) is 1. The van der Waals surface area contributed by atoms with Crippen molar-refractivity contribution in [3.63, 3.8) is 0 Å². The maximum atomic E-state index is 13.9. The Balaban J connectivity index is 1.14. The first kappa shape index (κ1) is 21.3. The van der Waals surface area contributed by atoms with Crippen molar-refractivity contribution in [2.24, 2.45) is 5.92 Å². The van der Waals surface area contributed by atoms with Crippen LogP contribution in [0, 0.1) is 18.7 Å². The lowest BCUT2D eigenvalue weighted by Gasteiger charge is -2.35. The molecule has 2 fully saturated rings. The molecule has 2 aromatic heterocycles. The summed E-state index contributed by atoms with van der Waals surface area (Å²) in [5, 5.41) is 11.7. The minimum Gasteiger partial charge on any atom is -0.441 e. The van der Waals surface area contributed by atoms with Crippen LogP contribution in [0.15, 0.2) is 54.7 Å². The standard InChI is InChI=1S/C25H26FN5O2/c1-17-6-7-19(15-27-17)31-16-25(33-24(31)32)12-10-18(11-13-25)14-28-23-9-8-22(29-30-23)20-4-2-3-5-21(20)26/h2-9,15,18H,10-14,16H2,1H3,(H,28,30)/t18-,25-. The van der Waals surface area contributed by atoms with Gasteiger partial charge in [0.1, 0.15) is 17.2 Å². The van der Waals surface area contributed by atoms with Gasteiger partial charge in [0.05, 0.1) is 24.1 Å². The van der Waals surface area contributed by atoms with Crippen molar-refractivity contribution < 1.29 is 13.9 Å². The number of pyridine rings is 1. The Labute approximate surface area is 192 Å². The summed E-state index contributed by atoms with van der Waals surface area (Å²) in [4.78, 5) is 18.5. The smallest absolute Gasteiger partial charge is 0.415 e. The number of hydrogen-bond donors (Lipinski definition) is 1. The zero-order valence-electron chi connectivity index (χ0n) is 18.5. The summed E-state index contributed by atoms with van der Waals surface area (Å²) < 4.78 is 19.8. The molecule has 5 rings (SSSR count). The molecule has 33 heavy (non-hydrogen) atoms. The third kappa shape index (κ3) is 4.51. The second-order valence-electron chi connectivity index (χ2n) is 8.90. The fourth-order valence-corrected chi connectivity index (χ4v) is 4.60. The van der Waals surface area contributed by atoms with Crippen molar-refractivity contribution in [3.8, 4) is 11.3 Å². The number of rotatable bonds is 5. The first-order valence-electron chi connectivity index (χ1n) is 11.3. The predicted octanol–water partition coefficient (Wildman–Crippen LogP) is 4.98. The number of aryl methyl sites for hydroxylation is 1. The molecule has 3 aromatic rings. The molecule has 1 saturated carbocycles. The van der Waals surface area contributed by atoms with E-state index in [2.05, 4.69) is 20.5 Å². The molecule has 1 aromatic carbocycles. The Morgan fingerprint density at radius 1 is 1.12 bits per heavy atom. The molecule has 0 bridgehead atoms. The van der Waals surface area contributed by atoms with Crippen molar-refractivity contribution in [3.05, 3.63) is 66.2 Å². The highest BCUT2D eigenvalue weighted by atomic mass is 19.1. The molecule has 1 aliphatic carbocycles. The molecule has 170 valence electrons. The minimum atomic E-state index is -0.417. The average molecular weight is 448 g/mol. The van der Waals surface area contributed by atoms with Gasteiger partial charge in [-0.05, 0) is 74.9 Å². The number of carbonyl (C=O) groups is 1. The average Bonchev–Trinajstić information content (AvgIpc) is 3.15. The van der Waals surface area contributed by atoms with Crippen LogP contribution in [0.3, 0.4) is 0 Å². The molecule has 0 radical (unpaired) electrons. The summed E-state index contributed by atoms with van der Waals surface area (Å²) in [6, 6.07) is 14.0. The van der Waals surface area contributed by atoms with E-state index in [1.54, 1.807) is 35.4 Å². The topological polar surface area (TPSA) is 80.2 Å². The number of nitrogens with zero attached hydrogens (tertiary/aromatic N) is 4. The number of amides is 1. The lowest BCUT2D eigenvalue weighted by molar-refractivity contribution is 0.0148. The Bertz CT molecular complexity index is 1130. The second-order valence-corrected chi connectivity index (χ2v) is 8.90. The lowest BCUT2D eigenvalue weighted by atomic mass is 9.78. The molecule has 0 atom stereocenters. The van der Waals surface area contributed by atoms with Gasteiger partial charge < -0.3 is 10.1 Å². The summed E-state index contributed by atoms with van der Waals surface area (Å²) in [6.45, 7) is 3.26. The van der Waals surface area contributed by atoms with Crippen LogP contribution in [-0.2, 0) is 4.74 Å². The summed E-state index contributed by atoms with van der Waals surface area (Å²) in [5.74, 6) is 0.812. The van der Waals surface area contributed by atoms with E-state index < -0.39 is 5.60 Å². The van der Waals surface area contributed by atoms with E-state index in [9.17, 15) is 9.18 Å². The van der Waals surface area contributed by atoms with Crippen LogP contribution in [0.5, 0.6) is 0 Å². The molecule has 1 amide bonds. The molecule has 7 nitrogen and oxygen atoms in total. The van der Waals surface area contributed by atoms with Gasteiger partial charge in [-0.2, -0.15) is 0 Å². The number of anilines is 2. The highest BCUT2D eigenvalue weighted by Crippen LogP contribution is 2.40. The number of nitrogens with one attached hydrogen (secondary N) is 1. The van der Waals surface area contributed by atoms with E-state index in [4.69, 9.17) is 4.74 Å². The number of hydrogen-bond acceptors (Lipinski definition) is 6. The fourth-order valence-electron chi connectivity index (χ4n) is 4.60. The lowest BCUT2D eigenvalue weighted by Crippen LogP contribution is -2.39. The first-order chi connectivity index (χ1) is 16.0. The van der Waals surface area contributed by atoms with Gasteiger partial charge in [-0.25, -0.2) is 9.18 Å². The molecule has 3 heterocycles. The van der Waals surface area contributed by atoms with Gasteiger partial charge in [-0.1, -0.05) is 12.1 Å². The zero-order valence-corrected chi connectivity index (χ0v) is 18.5. The Kier molecular flexibility index (Phi) is 5.66. The SMILES string of the molecule is Cc1ccc(N2C[C@]3(CC[C@@H](CNc4ccc(-c5ccccc5F)nn4)CC3)OC2=O)cn1. The second kappa shape index (κ2) is 8.77. The molecule has 1 aliphatic heterocycles. The van der Waals surface area contributed by atoms with Crippen molar-refractivity contribution in [1.29, 1.82) is 0 Å². The van der Waals surface area contributed by atoms with Crippen LogP contribution in [0.2, 0.25) is 0 Å².